The Morgan fingerprint density at radius 1 is 0.558 bits per heavy atom. The molecule has 0 aromatic rings. The summed E-state index contributed by atoms with van der Waals surface area (Å²) in [6.07, 6.45) is 39.5. The predicted molar refractivity (Wildman–Crippen MR) is 213 cm³/mol. The number of carboxylic acids is 1. The first-order valence-electron chi connectivity index (χ1n) is 21.6. The number of rotatable bonds is 39. The topological polar surface area (TPSA) is 142 Å². The van der Waals surface area contributed by atoms with Crippen LogP contribution >= 0.6 is 0 Å². The van der Waals surface area contributed by atoms with Crippen molar-refractivity contribution in [2.45, 2.75) is 225 Å². The van der Waals surface area contributed by atoms with Gasteiger partial charge in [0.2, 0.25) is 11.8 Å². The van der Waals surface area contributed by atoms with E-state index in [0.717, 1.165) is 57.8 Å². The lowest BCUT2D eigenvalue weighted by atomic mass is 10.0. The standard InChI is InChI=1S/C43H80N2O7/c1-3-5-7-9-11-13-14-15-16-17-18-20-22-27-31-35-42(49)52-38(32-28-24-21-19-12-10-8-6-4-2)33-29-25-23-26-30-34-40(47)44-36-41(48)45-39(37-46)43(50)51/h15-16,38-39,46H,3-14,17-37H2,1-2H3,(H,44,47)(H,45,48)(H,50,51)/b16-15-. The third-order valence-electron chi connectivity index (χ3n) is 9.76. The third kappa shape index (κ3) is 34.7. The molecule has 4 N–H and O–H groups in total. The Labute approximate surface area is 318 Å². The monoisotopic (exact) mass is 737 g/mol. The highest BCUT2D eigenvalue weighted by atomic mass is 16.5. The number of aliphatic hydroxyl groups excluding tert-OH is 1. The first-order valence-corrected chi connectivity index (χ1v) is 21.6. The second-order valence-electron chi connectivity index (χ2n) is 14.8. The summed E-state index contributed by atoms with van der Waals surface area (Å²) in [4.78, 5) is 47.5. The third-order valence-corrected chi connectivity index (χ3v) is 9.76. The van der Waals surface area contributed by atoms with Gasteiger partial charge in [-0.15, -0.1) is 0 Å². The SMILES string of the molecule is CCCCCCCC/C=C\CCCCCCCC(=O)OC(CCCCCCCCCCC)CCCCCCCC(=O)NCC(=O)NC(CO)C(=O)O. The fraction of sp³-hybridized carbons (Fsp3) is 0.860. The molecule has 0 aliphatic carbocycles. The van der Waals surface area contributed by atoms with Crippen molar-refractivity contribution in [2.24, 2.45) is 0 Å². The van der Waals surface area contributed by atoms with Crippen LogP contribution in [0.2, 0.25) is 0 Å². The molecule has 0 aromatic heterocycles. The van der Waals surface area contributed by atoms with Gasteiger partial charge in [-0.25, -0.2) is 4.79 Å². The lowest BCUT2D eigenvalue weighted by molar-refractivity contribution is -0.150. The van der Waals surface area contributed by atoms with Crippen molar-refractivity contribution in [3.8, 4) is 0 Å². The number of allylic oxidation sites excluding steroid dienone is 2. The van der Waals surface area contributed by atoms with Crippen LogP contribution in [0, 0.1) is 0 Å². The van der Waals surface area contributed by atoms with Gasteiger partial charge in [0, 0.05) is 12.8 Å². The van der Waals surface area contributed by atoms with E-state index in [9.17, 15) is 19.2 Å². The summed E-state index contributed by atoms with van der Waals surface area (Å²) in [5, 5.41) is 22.5. The predicted octanol–water partition coefficient (Wildman–Crippen LogP) is 10.3. The number of nitrogens with one attached hydrogen (secondary N) is 2. The first kappa shape index (κ1) is 49.6. The average molecular weight is 737 g/mol. The summed E-state index contributed by atoms with van der Waals surface area (Å²) in [5.41, 5.74) is 0. The van der Waals surface area contributed by atoms with E-state index in [1.54, 1.807) is 0 Å². The van der Waals surface area contributed by atoms with Gasteiger partial charge in [0.05, 0.1) is 13.2 Å². The van der Waals surface area contributed by atoms with Crippen LogP contribution in [0.3, 0.4) is 0 Å². The maximum atomic E-state index is 12.7. The minimum absolute atomic E-state index is 0.0105. The molecule has 2 unspecified atom stereocenters. The van der Waals surface area contributed by atoms with Gasteiger partial charge in [0.25, 0.3) is 0 Å². The second kappa shape index (κ2) is 38.3. The molecule has 0 saturated heterocycles. The van der Waals surface area contributed by atoms with E-state index in [1.807, 2.05) is 0 Å². The highest BCUT2D eigenvalue weighted by Gasteiger charge is 2.19. The van der Waals surface area contributed by atoms with Crippen molar-refractivity contribution in [1.29, 1.82) is 0 Å². The number of carboxylic acid groups (broad SMARTS) is 1. The number of carbonyl (C=O) groups is 4. The molecule has 2 amide bonds. The molecule has 0 heterocycles. The van der Waals surface area contributed by atoms with Crippen molar-refractivity contribution in [3.05, 3.63) is 12.2 Å². The van der Waals surface area contributed by atoms with Gasteiger partial charge in [0.15, 0.2) is 0 Å². The van der Waals surface area contributed by atoms with Crippen molar-refractivity contribution in [3.63, 3.8) is 0 Å². The number of carbonyl (C=O) groups excluding carboxylic acids is 3. The summed E-state index contributed by atoms with van der Waals surface area (Å²) < 4.78 is 6.01. The number of hydrogen-bond acceptors (Lipinski definition) is 6. The lowest BCUT2D eigenvalue weighted by Gasteiger charge is -2.18. The molecule has 304 valence electrons. The van der Waals surface area contributed by atoms with Crippen LogP contribution < -0.4 is 10.6 Å². The molecule has 2 atom stereocenters. The van der Waals surface area contributed by atoms with Crippen LogP contribution in [0.25, 0.3) is 0 Å². The van der Waals surface area contributed by atoms with E-state index in [0.29, 0.717) is 19.3 Å². The van der Waals surface area contributed by atoms with Crippen molar-refractivity contribution in [2.75, 3.05) is 13.2 Å². The molecular formula is C43H80N2O7. The van der Waals surface area contributed by atoms with E-state index in [2.05, 4.69) is 36.6 Å². The van der Waals surface area contributed by atoms with Gasteiger partial charge < -0.3 is 25.6 Å². The van der Waals surface area contributed by atoms with Gasteiger partial charge in [-0.2, -0.15) is 0 Å². The largest absolute Gasteiger partial charge is 0.480 e. The zero-order valence-corrected chi connectivity index (χ0v) is 33.6. The van der Waals surface area contributed by atoms with Crippen LogP contribution in [0.5, 0.6) is 0 Å². The first-order chi connectivity index (χ1) is 25.3. The molecule has 52 heavy (non-hydrogen) atoms. The summed E-state index contributed by atoms with van der Waals surface area (Å²) in [7, 11) is 0. The molecule has 0 bridgehead atoms. The number of aliphatic hydroxyl groups is 1. The van der Waals surface area contributed by atoms with E-state index < -0.39 is 24.5 Å². The molecule has 0 radical (unpaired) electrons. The van der Waals surface area contributed by atoms with Gasteiger partial charge >= 0.3 is 11.9 Å². The van der Waals surface area contributed by atoms with Gasteiger partial charge in [-0.3, -0.25) is 14.4 Å². The maximum Gasteiger partial charge on any atom is 0.328 e. The second-order valence-corrected chi connectivity index (χ2v) is 14.8. The molecule has 9 nitrogen and oxygen atoms in total. The fourth-order valence-corrected chi connectivity index (χ4v) is 6.42. The maximum absolute atomic E-state index is 12.7. The van der Waals surface area contributed by atoms with Crippen LogP contribution in [0.1, 0.15) is 213 Å². The normalized spacial score (nSPS) is 12.5. The van der Waals surface area contributed by atoms with E-state index >= 15 is 0 Å². The zero-order chi connectivity index (χ0) is 38.3. The number of unbranched alkanes of at least 4 members (excludes halogenated alkanes) is 23. The Kier molecular flexibility index (Phi) is 36.5. The molecule has 0 rings (SSSR count). The van der Waals surface area contributed by atoms with E-state index in [1.165, 1.54) is 122 Å². The molecule has 0 fully saturated rings. The van der Waals surface area contributed by atoms with Crippen LogP contribution in [-0.2, 0) is 23.9 Å². The Hall–Kier alpha value is -2.42. The lowest BCUT2D eigenvalue weighted by Crippen LogP contribution is -2.47. The van der Waals surface area contributed by atoms with E-state index in [-0.39, 0.29) is 24.5 Å². The molecule has 0 aliphatic heterocycles. The van der Waals surface area contributed by atoms with Crippen LogP contribution in [-0.4, -0.2) is 59.3 Å². The Bertz CT molecular complexity index is 895. The van der Waals surface area contributed by atoms with Crippen molar-refractivity contribution < 1.29 is 34.1 Å². The van der Waals surface area contributed by atoms with Crippen LogP contribution in [0.15, 0.2) is 12.2 Å². The number of hydrogen-bond donors (Lipinski definition) is 4. The minimum atomic E-state index is -1.38. The molecule has 0 saturated carbocycles. The van der Waals surface area contributed by atoms with Crippen molar-refractivity contribution in [1.82, 2.24) is 10.6 Å². The zero-order valence-electron chi connectivity index (χ0n) is 33.6. The molecule has 0 spiro atoms. The molecule has 0 aromatic carbocycles. The van der Waals surface area contributed by atoms with Gasteiger partial charge in [-0.05, 0) is 64.2 Å². The number of amides is 2. The number of esters is 1. The fourth-order valence-electron chi connectivity index (χ4n) is 6.42. The highest BCUT2D eigenvalue weighted by molar-refractivity contribution is 5.87. The summed E-state index contributed by atoms with van der Waals surface area (Å²) >= 11 is 0. The smallest absolute Gasteiger partial charge is 0.328 e. The van der Waals surface area contributed by atoms with Gasteiger partial charge in [-0.1, -0.05) is 148 Å². The van der Waals surface area contributed by atoms with Crippen molar-refractivity contribution >= 4 is 23.8 Å². The van der Waals surface area contributed by atoms with E-state index in [4.69, 9.17) is 14.9 Å². The highest BCUT2D eigenvalue weighted by Crippen LogP contribution is 2.19. The number of aliphatic carboxylic acids is 1. The van der Waals surface area contributed by atoms with Gasteiger partial charge in [0.1, 0.15) is 12.1 Å². The Balaban J connectivity index is 4.23. The minimum Gasteiger partial charge on any atom is -0.480 e. The van der Waals surface area contributed by atoms with Crippen LogP contribution in [0.4, 0.5) is 0 Å². The summed E-state index contributed by atoms with van der Waals surface area (Å²) in [5.74, 6) is -2.29. The number of ether oxygens (including phenoxy) is 1. The summed E-state index contributed by atoms with van der Waals surface area (Å²) in [6.45, 7) is 3.48. The molecule has 9 heteroatoms. The molecular weight excluding hydrogens is 656 g/mol. The Morgan fingerprint density at radius 3 is 1.44 bits per heavy atom. The average Bonchev–Trinajstić information content (AvgIpc) is 3.13. The molecule has 0 aliphatic rings. The quantitative estimate of drug-likeness (QED) is 0.0279. The summed E-state index contributed by atoms with van der Waals surface area (Å²) in [6, 6.07) is -1.38. The Morgan fingerprint density at radius 2 is 0.981 bits per heavy atom.